The van der Waals surface area contributed by atoms with Crippen LogP contribution in [0.4, 0.5) is 0 Å². The Morgan fingerprint density at radius 3 is 2.24 bits per heavy atom. The molecule has 0 fully saturated rings. The Kier molecular flexibility index (Phi) is 5.54. The van der Waals surface area contributed by atoms with Gasteiger partial charge >= 0.3 is 0 Å². The molecule has 0 amide bonds. The average molecular weight is 370 g/mol. The Bertz CT molecular complexity index is 601. The van der Waals surface area contributed by atoms with Gasteiger partial charge in [-0.05, 0) is 27.6 Å². The number of benzene rings is 2. The van der Waals surface area contributed by atoms with Crippen molar-refractivity contribution in [2.45, 2.75) is 18.2 Å². The lowest BCUT2D eigenvalue weighted by atomic mass is 9.92. The van der Waals surface area contributed by atoms with Gasteiger partial charge in [0.15, 0.2) is 0 Å². The van der Waals surface area contributed by atoms with Crippen LogP contribution in [0.5, 0.6) is 11.5 Å². The van der Waals surface area contributed by atoms with E-state index in [1.165, 1.54) is 5.56 Å². The normalized spacial score (nSPS) is 13.6. The summed E-state index contributed by atoms with van der Waals surface area (Å²) >= 11 is 10.2. The van der Waals surface area contributed by atoms with E-state index >= 15 is 0 Å². The summed E-state index contributed by atoms with van der Waals surface area (Å²) in [7, 11) is 3.27. The fourth-order valence-corrected chi connectivity index (χ4v) is 3.33. The molecule has 0 N–H and O–H groups in total. The molecule has 0 saturated carbocycles. The second-order valence-corrected chi connectivity index (χ2v) is 6.07. The maximum absolute atomic E-state index is 6.70. The van der Waals surface area contributed by atoms with Crippen molar-refractivity contribution in [3.05, 3.63) is 58.1 Å². The Labute approximate surface area is 139 Å². The van der Waals surface area contributed by atoms with Gasteiger partial charge in [-0.1, -0.05) is 43.3 Å². The van der Waals surface area contributed by atoms with Crippen molar-refractivity contribution in [3.63, 3.8) is 0 Å². The first kappa shape index (κ1) is 16.2. The van der Waals surface area contributed by atoms with Crippen molar-refractivity contribution < 1.29 is 9.47 Å². The number of halogens is 2. The molecule has 0 spiro atoms. The highest BCUT2D eigenvalue weighted by atomic mass is 79.9. The predicted octanol–water partition coefficient (Wildman–Crippen LogP) is 5.55. The average Bonchev–Trinajstić information content (AvgIpc) is 2.54. The third kappa shape index (κ3) is 3.35. The van der Waals surface area contributed by atoms with Crippen LogP contribution in [0.25, 0.3) is 0 Å². The molecule has 0 saturated heterocycles. The van der Waals surface area contributed by atoms with Crippen molar-refractivity contribution in [2.75, 3.05) is 14.2 Å². The summed E-state index contributed by atoms with van der Waals surface area (Å²) in [6.45, 7) is 2.12. The van der Waals surface area contributed by atoms with Gasteiger partial charge in [0.05, 0.1) is 19.6 Å². The summed E-state index contributed by atoms with van der Waals surface area (Å²) in [6, 6.07) is 14.1. The first-order valence-electron chi connectivity index (χ1n) is 6.69. The Morgan fingerprint density at radius 1 is 1.00 bits per heavy atom. The van der Waals surface area contributed by atoms with E-state index in [0.29, 0.717) is 0 Å². The lowest BCUT2D eigenvalue weighted by molar-refractivity contribution is 0.385. The predicted molar refractivity (Wildman–Crippen MR) is 90.7 cm³/mol. The van der Waals surface area contributed by atoms with Crippen molar-refractivity contribution in [3.8, 4) is 11.5 Å². The summed E-state index contributed by atoms with van der Waals surface area (Å²) in [5.74, 6) is 1.62. The van der Waals surface area contributed by atoms with E-state index < -0.39 is 0 Å². The van der Waals surface area contributed by atoms with Gasteiger partial charge in [-0.15, -0.1) is 11.6 Å². The topological polar surface area (TPSA) is 18.5 Å². The molecular weight excluding hydrogens is 352 g/mol. The molecule has 2 unspecified atom stereocenters. The molecule has 0 radical (unpaired) electrons. The Balaban J connectivity index is 2.39. The van der Waals surface area contributed by atoms with Gasteiger partial charge in [0, 0.05) is 11.5 Å². The molecule has 0 aliphatic rings. The van der Waals surface area contributed by atoms with Gasteiger partial charge in [0.2, 0.25) is 0 Å². The van der Waals surface area contributed by atoms with Crippen molar-refractivity contribution in [1.29, 1.82) is 0 Å². The second-order valence-electron chi connectivity index (χ2n) is 4.81. The molecule has 0 aromatic heterocycles. The zero-order valence-electron chi connectivity index (χ0n) is 12.3. The Hall–Kier alpha value is -1.19. The van der Waals surface area contributed by atoms with Crippen LogP contribution in [-0.2, 0) is 0 Å². The van der Waals surface area contributed by atoms with E-state index in [1.807, 2.05) is 30.3 Å². The number of ether oxygens (including phenoxy) is 2. The zero-order chi connectivity index (χ0) is 15.4. The molecule has 2 atom stereocenters. The monoisotopic (exact) mass is 368 g/mol. The van der Waals surface area contributed by atoms with Crippen LogP contribution >= 0.6 is 27.5 Å². The van der Waals surface area contributed by atoms with Gasteiger partial charge < -0.3 is 9.47 Å². The lowest BCUT2D eigenvalue weighted by Crippen LogP contribution is -2.05. The molecule has 0 aliphatic carbocycles. The van der Waals surface area contributed by atoms with E-state index in [9.17, 15) is 0 Å². The van der Waals surface area contributed by atoms with Gasteiger partial charge in [-0.3, -0.25) is 0 Å². The third-order valence-corrected chi connectivity index (χ3v) is 4.94. The number of hydrogen-bond acceptors (Lipinski definition) is 2. The van der Waals surface area contributed by atoms with Crippen molar-refractivity contribution >= 4 is 27.5 Å². The Morgan fingerprint density at radius 2 is 1.67 bits per heavy atom. The first-order chi connectivity index (χ1) is 10.1. The molecule has 21 heavy (non-hydrogen) atoms. The number of hydrogen-bond donors (Lipinski definition) is 0. The maximum atomic E-state index is 6.70. The fourth-order valence-electron chi connectivity index (χ4n) is 2.33. The van der Waals surface area contributed by atoms with E-state index in [0.717, 1.165) is 21.5 Å². The minimum Gasteiger partial charge on any atom is -0.495 e. The molecule has 0 heterocycles. The highest BCUT2D eigenvalue weighted by Gasteiger charge is 2.24. The van der Waals surface area contributed by atoms with Crippen molar-refractivity contribution in [2.24, 2.45) is 0 Å². The molecule has 2 aromatic rings. The minimum atomic E-state index is -0.190. The zero-order valence-corrected chi connectivity index (χ0v) is 14.6. The third-order valence-electron chi connectivity index (χ3n) is 3.58. The highest BCUT2D eigenvalue weighted by molar-refractivity contribution is 9.10. The SMILES string of the molecule is COc1ccc(C(Cl)C(C)c2ccccc2)c(OC)c1Br. The van der Waals surface area contributed by atoms with Gasteiger partial charge in [0.1, 0.15) is 16.0 Å². The van der Waals surface area contributed by atoms with E-state index in [1.54, 1.807) is 14.2 Å². The van der Waals surface area contributed by atoms with Crippen LogP contribution in [0.15, 0.2) is 46.9 Å². The summed E-state index contributed by atoms with van der Waals surface area (Å²) in [4.78, 5) is 0. The van der Waals surface area contributed by atoms with Gasteiger partial charge in [-0.2, -0.15) is 0 Å². The number of alkyl halides is 1. The van der Waals surface area contributed by atoms with Gasteiger partial charge in [-0.25, -0.2) is 0 Å². The standard InChI is InChI=1S/C17H18BrClO2/c1-11(12-7-5-4-6-8-12)16(19)13-9-10-14(20-2)15(18)17(13)21-3/h4-11,16H,1-3H3. The van der Waals surface area contributed by atoms with E-state index in [2.05, 4.69) is 35.0 Å². The molecule has 2 rings (SSSR count). The molecule has 0 bridgehead atoms. The highest BCUT2D eigenvalue weighted by Crippen LogP contribution is 2.45. The fraction of sp³-hybridized carbons (Fsp3) is 0.294. The molecular formula is C17H18BrClO2. The van der Waals surface area contributed by atoms with Crippen LogP contribution in [-0.4, -0.2) is 14.2 Å². The maximum Gasteiger partial charge on any atom is 0.141 e. The largest absolute Gasteiger partial charge is 0.495 e. The van der Waals surface area contributed by atoms with Crippen LogP contribution in [0.3, 0.4) is 0 Å². The van der Waals surface area contributed by atoms with Crippen molar-refractivity contribution in [1.82, 2.24) is 0 Å². The minimum absolute atomic E-state index is 0.169. The molecule has 2 nitrogen and oxygen atoms in total. The first-order valence-corrected chi connectivity index (χ1v) is 7.92. The van der Waals surface area contributed by atoms with Gasteiger partial charge in [0.25, 0.3) is 0 Å². The van der Waals surface area contributed by atoms with Crippen LogP contribution in [0.2, 0.25) is 0 Å². The molecule has 0 aliphatic heterocycles. The van der Waals surface area contributed by atoms with Crippen LogP contribution < -0.4 is 9.47 Å². The summed E-state index contributed by atoms with van der Waals surface area (Å²) in [5.41, 5.74) is 2.15. The molecule has 2 aromatic carbocycles. The number of methoxy groups -OCH3 is 2. The molecule has 4 heteroatoms. The smallest absolute Gasteiger partial charge is 0.141 e. The summed E-state index contributed by atoms with van der Waals surface area (Å²) in [6.07, 6.45) is 0. The summed E-state index contributed by atoms with van der Waals surface area (Å²) in [5, 5.41) is -0.190. The van der Waals surface area contributed by atoms with E-state index in [-0.39, 0.29) is 11.3 Å². The van der Waals surface area contributed by atoms with Crippen LogP contribution in [0.1, 0.15) is 29.3 Å². The van der Waals surface area contributed by atoms with Crippen LogP contribution in [0, 0.1) is 0 Å². The molecule has 112 valence electrons. The quantitative estimate of drug-likeness (QED) is 0.643. The van der Waals surface area contributed by atoms with E-state index in [4.69, 9.17) is 21.1 Å². The number of rotatable bonds is 5. The lowest BCUT2D eigenvalue weighted by Gasteiger charge is -2.22. The summed E-state index contributed by atoms with van der Waals surface area (Å²) < 4.78 is 11.6. The second kappa shape index (κ2) is 7.19.